The van der Waals surface area contributed by atoms with Crippen molar-refractivity contribution >= 4 is 50.7 Å². The summed E-state index contributed by atoms with van der Waals surface area (Å²) in [5.74, 6) is -1.57. The van der Waals surface area contributed by atoms with Gasteiger partial charge in [-0.15, -0.1) is 0 Å². The average molecular weight is 519 g/mol. The Balaban J connectivity index is 1.91. The molecule has 1 aliphatic heterocycles. The van der Waals surface area contributed by atoms with Gasteiger partial charge in [-0.05, 0) is 42.0 Å². The number of nitro benzene ring substituents is 1. The Labute approximate surface area is 195 Å². The highest BCUT2D eigenvalue weighted by atomic mass is 79.9. The van der Waals surface area contributed by atoms with Crippen LogP contribution in [0.15, 0.2) is 65.1 Å². The Morgan fingerprint density at radius 2 is 1.88 bits per heavy atom. The van der Waals surface area contributed by atoms with Crippen LogP contribution in [0, 0.1) is 15.9 Å². The molecule has 0 aliphatic carbocycles. The van der Waals surface area contributed by atoms with E-state index in [1.54, 1.807) is 18.2 Å². The molecule has 3 aromatic carbocycles. The second-order valence-electron chi connectivity index (χ2n) is 7.09. The predicted octanol–water partition coefficient (Wildman–Crippen LogP) is 5.33. The van der Waals surface area contributed by atoms with Crippen molar-refractivity contribution in [2.75, 3.05) is 11.9 Å². The molecule has 4 rings (SSSR count). The summed E-state index contributed by atoms with van der Waals surface area (Å²) in [4.78, 5) is 38.1. The van der Waals surface area contributed by atoms with Crippen molar-refractivity contribution in [3.8, 4) is 0 Å². The zero-order valence-electron chi connectivity index (χ0n) is 16.2. The van der Waals surface area contributed by atoms with Crippen LogP contribution in [-0.4, -0.2) is 28.2 Å². The van der Waals surface area contributed by atoms with Gasteiger partial charge in [-0.1, -0.05) is 39.7 Å². The van der Waals surface area contributed by atoms with E-state index in [4.69, 9.17) is 11.6 Å². The Kier molecular flexibility index (Phi) is 5.94. The maximum atomic E-state index is 13.6. The monoisotopic (exact) mass is 517 g/mol. The molecule has 32 heavy (non-hydrogen) atoms. The quantitative estimate of drug-likeness (QED) is 0.374. The number of fused-ring (bicyclic) bond motifs is 1. The lowest BCUT2D eigenvalue weighted by Gasteiger charge is -2.31. The van der Waals surface area contributed by atoms with Crippen molar-refractivity contribution in [3.63, 3.8) is 0 Å². The summed E-state index contributed by atoms with van der Waals surface area (Å²) in [6, 6.07) is 13.5. The smallest absolute Gasteiger partial charge is 0.270 e. The van der Waals surface area contributed by atoms with E-state index in [9.17, 15) is 24.1 Å². The zero-order chi connectivity index (χ0) is 23.0. The van der Waals surface area contributed by atoms with Crippen LogP contribution in [0.25, 0.3) is 0 Å². The van der Waals surface area contributed by atoms with Crippen molar-refractivity contribution < 1.29 is 18.9 Å². The van der Waals surface area contributed by atoms with E-state index in [1.807, 2.05) is 0 Å². The van der Waals surface area contributed by atoms with Gasteiger partial charge in [0.2, 0.25) is 5.91 Å². The lowest BCUT2D eigenvalue weighted by atomic mass is 9.95. The Hall–Kier alpha value is -3.30. The number of carbonyl (C=O) groups is 2. The number of non-ortho nitro benzene ring substituents is 1. The highest BCUT2D eigenvalue weighted by Crippen LogP contribution is 2.39. The second kappa shape index (κ2) is 8.68. The standard InChI is InChI=1S/C22H14BrClFN3O4/c23-13-3-8-19-17(9-13)21(12-1-4-14(25)5-2-12)27(11-20(29)26-19)22(30)16-10-15(28(31)32)6-7-18(16)24/h1-10,21H,11H2,(H,26,29). The molecule has 0 saturated carbocycles. The van der Waals surface area contributed by atoms with Crippen LogP contribution in [0.1, 0.15) is 27.5 Å². The number of rotatable bonds is 3. The van der Waals surface area contributed by atoms with E-state index in [0.29, 0.717) is 21.3 Å². The maximum Gasteiger partial charge on any atom is 0.270 e. The van der Waals surface area contributed by atoms with Crippen LogP contribution in [0.3, 0.4) is 0 Å². The van der Waals surface area contributed by atoms with Gasteiger partial charge in [0, 0.05) is 27.9 Å². The molecule has 0 saturated heterocycles. The number of nitrogens with one attached hydrogen (secondary N) is 1. The molecular formula is C22H14BrClFN3O4. The number of hydrogen-bond donors (Lipinski definition) is 1. The number of hydrogen-bond acceptors (Lipinski definition) is 4. The maximum absolute atomic E-state index is 13.6. The Morgan fingerprint density at radius 3 is 2.56 bits per heavy atom. The summed E-state index contributed by atoms with van der Waals surface area (Å²) in [6.07, 6.45) is 0. The molecule has 0 radical (unpaired) electrons. The van der Waals surface area contributed by atoms with Crippen LogP contribution >= 0.6 is 27.5 Å². The number of nitro groups is 1. The fourth-order valence-corrected chi connectivity index (χ4v) is 4.19. The highest BCUT2D eigenvalue weighted by molar-refractivity contribution is 9.10. The summed E-state index contributed by atoms with van der Waals surface area (Å²) < 4.78 is 14.3. The fourth-order valence-electron chi connectivity index (χ4n) is 3.62. The normalized spacial score (nSPS) is 15.5. The van der Waals surface area contributed by atoms with E-state index < -0.39 is 28.6 Å². The van der Waals surface area contributed by atoms with Crippen molar-refractivity contribution in [2.45, 2.75) is 6.04 Å². The third-order valence-electron chi connectivity index (χ3n) is 5.05. The largest absolute Gasteiger partial charge is 0.324 e. The van der Waals surface area contributed by atoms with Crippen LogP contribution < -0.4 is 5.32 Å². The lowest BCUT2D eigenvalue weighted by Crippen LogP contribution is -2.39. The molecule has 1 heterocycles. The molecule has 2 amide bonds. The topological polar surface area (TPSA) is 92.5 Å². The molecule has 0 bridgehead atoms. The first-order chi connectivity index (χ1) is 15.2. The summed E-state index contributed by atoms with van der Waals surface area (Å²) in [7, 11) is 0. The number of anilines is 1. The van der Waals surface area contributed by atoms with Gasteiger partial charge in [0.15, 0.2) is 0 Å². The number of carbonyl (C=O) groups excluding carboxylic acids is 2. The van der Waals surface area contributed by atoms with E-state index >= 15 is 0 Å². The molecule has 1 N–H and O–H groups in total. The second-order valence-corrected chi connectivity index (χ2v) is 8.41. The van der Waals surface area contributed by atoms with Crippen molar-refractivity contribution in [2.24, 2.45) is 0 Å². The van der Waals surface area contributed by atoms with Gasteiger partial charge in [0.25, 0.3) is 11.6 Å². The van der Waals surface area contributed by atoms with Gasteiger partial charge >= 0.3 is 0 Å². The summed E-state index contributed by atoms with van der Waals surface area (Å²) in [5, 5.41) is 14.0. The lowest BCUT2D eigenvalue weighted by molar-refractivity contribution is -0.384. The van der Waals surface area contributed by atoms with E-state index in [-0.39, 0.29) is 22.8 Å². The van der Waals surface area contributed by atoms with Crippen molar-refractivity contribution in [1.29, 1.82) is 0 Å². The van der Waals surface area contributed by atoms with Gasteiger partial charge in [-0.3, -0.25) is 19.7 Å². The number of nitrogens with zero attached hydrogens (tertiary/aromatic N) is 2. The van der Waals surface area contributed by atoms with Crippen LogP contribution in [0.4, 0.5) is 15.8 Å². The first-order valence-electron chi connectivity index (χ1n) is 9.34. The van der Waals surface area contributed by atoms with Gasteiger partial charge in [-0.25, -0.2) is 4.39 Å². The molecule has 0 spiro atoms. The molecule has 3 aromatic rings. The minimum absolute atomic E-state index is 0.0116. The molecule has 7 nitrogen and oxygen atoms in total. The minimum Gasteiger partial charge on any atom is -0.324 e. The molecular weight excluding hydrogens is 505 g/mol. The predicted molar refractivity (Wildman–Crippen MR) is 120 cm³/mol. The third-order valence-corrected chi connectivity index (χ3v) is 5.87. The third kappa shape index (κ3) is 4.21. The Morgan fingerprint density at radius 1 is 1.16 bits per heavy atom. The van der Waals surface area contributed by atoms with Gasteiger partial charge < -0.3 is 10.2 Å². The van der Waals surface area contributed by atoms with Gasteiger partial charge in [0.05, 0.1) is 21.6 Å². The first kappa shape index (κ1) is 21.9. The van der Waals surface area contributed by atoms with Gasteiger partial charge in [0.1, 0.15) is 12.4 Å². The highest BCUT2D eigenvalue weighted by Gasteiger charge is 2.35. The van der Waals surface area contributed by atoms with E-state index in [0.717, 1.165) is 6.07 Å². The fraction of sp³-hybridized carbons (Fsp3) is 0.0909. The minimum atomic E-state index is -0.787. The average Bonchev–Trinajstić information content (AvgIpc) is 2.89. The molecule has 1 atom stereocenters. The van der Waals surface area contributed by atoms with E-state index in [2.05, 4.69) is 21.2 Å². The van der Waals surface area contributed by atoms with E-state index in [1.165, 1.54) is 41.3 Å². The van der Waals surface area contributed by atoms with Gasteiger partial charge in [-0.2, -0.15) is 0 Å². The van der Waals surface area contributed by atoms with Crippen LogP contribution in [-0.2, 0) is 4.79 Å². The molecule has 10 heteroatoms. The molecule has 1 unspecified atom stereocenters. The van der Waals surface area contributed by atoms with Crippen LogP contribution in [0.2, 0.25) is 5.02 Å². The number of amides is 2. The SMILES string of the molecule is O=C1CN(C(=O)c2cc([N+](=O)[O-])ccc2Cl)C(c2ccc(F)cc2)c2cc(Br)ccc2N1. The summed E-state index contributed by atoms with van der Waals surface area (Å²) in [6.45, 7) is -0.341. The van der Waals surface area contributed by atoms with Crippen molar-refractivity contribution in [3.05, 3.63) is 103 Å². The number of benzene rings is 3. The first-order valence-corrected chi connectivity index (χ1v) is 10.5. The molecule has 162 valence electrons. The summed E-state index contributed by atoms with van der Waals surface area (Å²) >= 11 is 9.61. The van der Waals surface area contributed by atoms with Crippen LogP contribution in [0.5, 0.6) is 0 Å². The molecule has 0 aromatic heterocycles. The molecule has 1 aliphatic rings. The number of halogens is 3. The molecule has 0 fully saturated rings. The summed E-state index contributed by atoms with van der Waals surface area (Å²) in [5.41, 5.74) is 1.22. The van der Waals surface area contributed by atoms with Crippen molar-refractivity contribution in [1.82, 2.24) is 4.90 Å². The Bertz CT molecular complexity index is 1250. The zero-order valence-corrected chi connectivity index (χ0v) is 18.6.